The van der Waals surface area contributed by atoms with Crippen LogP contribution in [0, 0.1) is 46.8 Å². The molecule has 38 nitrogen and oxygen atoms in total. The first-order valence-electron chi connectivity index (χ1n) is 46.5. The van der Waals surface area contributed by atoms with Gasteiger partial charge in [0.1, 0.15) is 54.4 Å². The molecule has 10 fully saturated rings. The van der Waals surface area contributed by atoms with Gasteiger partial charge >= 0.3 is 30.5 Å². The fourth-order valence-electron chi connectivity index (χ4n) is 16.3. The van der Waals surface area contributed by atoms with Crippen LogP contribution in [0.25, 0.3) is 0 Å². The van der Waals surface area contributed by atoms with Crippen LogP contribution in [-0.4, -0.2) is 297 Å². The highest BCUT2D eigenvalue weighted by molar-refractivity contribution is 5.93. The lowest BCUT2D eigenvalue weighted by atomic mass is 9.93. The van der Waals surface area contributed by atoms with Gasteiger partial charge in [-0.2, -0.15) is 0 Å². The lowest BCUT2D eigenvalue weighted by Gasteiger charge is -2.27. The number of likely N-dealkylation sites (tertiary alicyclic amines) is 1. The highest BCUT2D eigenvalue weighted by Gasteiger charge is 2.40. The number of carbonyl (C=O) groups is 12. The molecular weight excluding hydrogens is 1810 g/mol. The molecule has 15 rings (SSSR count). The predicted octanol–water partition coefficient (Wildman–Crippen LogP) is 6.31. The average molecular weight is 1940 g/mol. The Balaban J connectivity index is 0.000000165. The number of aryl methyl sites for hydroxylation is 1. The lowest BCUT2D eigenvalue weighted by Crippen LogP contribution is -2.46. The van der Waals surface area contributed by atoms with Crippen molar-refractivity contribution < 1.29 is 128 Å². The first-order valence-corrected chi connectivity index (χ1v) is 46.5. The van der Waals surface area contributed by atoms with Crippen molar-refractivity contribution in [3.05, 3.63) is 131 Å². The molecule has 10 heterocycles. The molecule has 12 amide bonds. The smallest absolute Gasteiger partial charge is 0.414 e. The zero-order valence-corrected chi connectivity index (χ0v) is 78.1. The Hall–Kier alpha value is -12.9. The summed E-state index contributed by atoms with van der Waals surface area (Å²) in [6, 6.07) is 21.6. The van der Waals surface area contributed by atoms with Crippen molar-refractivity contribution in [3.63, 3.8) is 0 Å². The molecule has 5 aromatic carbocycles. The maximum atomic E-state index is 14.5. The molecule has 10 aliphatic heterocycles. The fraction of sp³-hybridized carbons (Fsp3) is 0.537. The molecule has 0 radical (unpaired) electrons. The molecular formula is C95H123F5N16O22. The second-order valence-electron chi connectivity index (χ2n) is 34.9. The standard InChI is InChI=1S/C19H25FN4O4.C19H26FN3O5.C19H24FN3O5.C19H22FN3O4.C19H26FN3O4/c1-13(25)22-11-16-12-24(19(27)28-16)15-4-2-14(17(20)10-15)3-5-18(26)23-8-6-21-7-9-23;1-13(24)22-10-15-11-23(18(25)28-15)14-3-4-17(16(20)9-14)27-12-19(26)5-2-7-21-8-6-19;1-13(24)21-10-15-11-23(19(26)28-15)14-5-6-17(16(20)9-14)27-12-18(25)22-7-3-2-4-8-22;1-13(24)22-11-16-12-23(18(25)27-16)15-3-2-14(17(20)10-15)4-5-19(26)6-8-21-9-7-19;1-13(24)22-10-16-11-23(19(25)27-16)15-4-5-18(17(20)9-15)26-12-14-3-2-7-21-8-6-14/h2,4,10,16,21H,3,5-9,11-12H2,1H3,(H,22,25);3-4,9,15,21,26H,2,5-8,10-12H2,1H3,(H,22,24);5-6,9,15H,2-4,7-8,10-12H2,1H3,(H,21,24);2-3,10,16,21,26H,6-9,11-12H2,1H3,(H,22,24);4-5,9,14,16,21H,2-3,6-8,10-12H2,1H3,(H,22,24)/t16-;15-,19?;15-;16-;14?,16-/m00000/s1. The summed E-state index contributed by atoms with van der Waals surface area (Å²) < 4.78 is 115. The Bertz CT molecular complexity index is 5010. The van der Waals surface area contributed by atoms with Crippen LogP contribution in [0.1, 0.15) is 123 Å². The minimum Gasteiger partial charge on any atom is -0.490 e. The molecule has 10 saturated heterocycles. The summed E-state index contributed by atoms with van der Waals surface area (Å²) >= 11 is 0. The van der Waals surface area contributed by atoms with Crippen LogP contribution in [0.15, 0.2) is 91.0 Å². The minimum atomic E-state index is -1.11. The number of cyclic esters (lactones) is 5. The molecule has 0 bridgehead atoms. The third kappa shape index (κ3) is 32.4. The van der Waals surface area contributed by atoms with E-state index in [2.05, 4.69) is 59.7 Å². The molecule has 750 valence electrons. The van der Waals surface area contributed by atoms with Gasteiger partial charge in [-0.25, -0.2) is 45.9 Å². The van der Waals surface area contributed by atoms with E-state index >= 15 is 0 Å². The maximum absolute atomic E-state index is 14.5. The van der Waals surface area contributed by atoms with Crippen LogP contribution in [0.3, 0.4) is 0 Å². The predicted molar refractivity (Wildman–Crippen MR) is 494 cm³/mol. The monoisotopic (exact) mass is 1930 g/mol. The molecule has 5 aromatic rings. The number of amides is 12. The Kier molecular flexibility index (Phi) is 39.4. The van der Waals surface area contributed by atoms with Gasteiger partial charge < -0.3 is 106 Å². The minimum absolute atomic E-state index is 0.00942. The van der Waals surface area contributed by atoms with Gasteiger partial charge in [0.2, 0.25) is 35.4 Å². The Morgan fingerprint density at radius 1 is 0.406 bits per heavy atom. The number of carbonyl (C=O) groups excluding carboxylic acids is 12. The number of rotatable bonds is 27. The molecule has 0 aromatic heterocycles. The largest absolute Gasteiger partial charge is 0.490 e. The summed E-state index contributed by atoms with van der Waals surface area (Å²) in [6.45, 7) is 18.6. The van der Waals surface area contributed by atoms with Gasteiger partial charge in [-0.3, -0.25) is 58.1 Å². The number of hydrogen-bond donors (Lipinski definition) is 11. The highest BCUT2D eigenvalue weighted by Crippen LogP contribution is 2.34. The van der Waals surface area contributed by atoms with E-state index in [-0.39, 0.29) is 149 Å². The number of nitrogens with zero attached hydrogens (tertiary/aromatic N) is 7. The van der Waals surface area contributed by atoms with E-state index in [1.807, 2.05) is 0 Å². The summed E-state index contributed by atoms with van der Waals surface area (Å²) in [6.07, 6.45) is 4.46. The second-order valence-corrected chi connectivity index (χ2v) is 34.9. The molecule has 2 unspecified atom stereocenters. The summed E-state index contributed by atoms with van der Waals surface area (Å²) in [5.41, 5.74) is 0.339. The van der Waals surface area contributed by atoms with E-state index in [1.165, 1.54) is 114 Å². The van der Waals surface area contributed by atoms with Crippen LogP contribution in [-0.2, 0) is 63.7 Å². The average Bonchev–Trinajstić information content (AvgIpc) is 1.64. The van der Waals surface area contributed by atoms with Crippen LogP contribution in [0.2, 0.25) is 0 Å². The number of halogens is 5. The lowest BCUT2D eigenvalue weighted by molar-refractivity contribution is -0.134. The molecule has 11 N–H and O–H groups in total. The Labute approximate surface area is 796 Å². The first-order chi connectivity index (χ1) is 66.1. The fourth-order valence-corrected chi connectivity index (χ4v) is 16.3. The summed E-state index contributed by atoms with van der Waals surface area (Å²) in [5.74, 6) is 2.06. The van der Waals surface area contributed by atoms with Crippen LogP contribution < -0.4 is 86.6 Å². The summed E-state index contributed by atoms with van der Waals surface area (Å²) in [5, 5.41) is 46.8. The highest BCUT2D eigenvalue weighted by atomic mass is 19.1. The second kappa shape index (κ2) is 51.5. The van der Waals surface area contributed by atoms with Gasteiger partial charge in [0, 0.05) is 98.5 Å². The molecule has 7 atom stereocenters. The van der Waals surface area contributed by atoms with Gasteiger partial charge in [0.25, 0.3) is 5.91 Å². The molecule has 0 aliphatic carbocycles. The van der Waals surface area contributed by atoms with Crippen molar-refractivity contribution in [1.29, 1.82) is 0 Å². The van der Waals surface area contributed by atoms with Crippen molar-refractivity contribution in [2.75, 3.05) is 188 Å². The molecule has 0 spiro atoms. The van der Waals surface area contributed by atoms with Gasteiger partial charge in [0.15, 0.2) is 41.3 Å². The third-order valence-electron chi connectivity index (χ3n) is 24.0. The summed E-state index contributed by atoms with van der Waals surface area (Å²) in [7, 11) is 0. The molecule has 10 aliphatic rings. The van der Waals surface area contributed by atoms with E-state index in [4.69, 9.17) is 37.9 Å². The number of piperazine rings is 1. The topological polar surface area (TPSA) is 450 Å². The zero-order chi connectivity index (χ0) is 99.0. The van der Waals surface area contributed by atoms with Crippen LogP contribution in [0.5, 0.6) is 17.2 Å². The van der Waals surface area contributed by atoms with Gasteiger partial charge in [-0.1, -0.05) is 17.9 Å². The van der Waals surface area contributed by atoms with Crippen LogP contribution >= 0.6 is 0 Å². The molecule has 138 heavy (non-hydrogen) atoms. The van der Waals surface area contributed by atoms with E-state index in [1.54, 1.807) is 46.2 Å². The van der Waals surface area contributed by atoms with Crippen molar-refractivity contribution in [2.45, 2.75) is 160 Å². The number of ether oxygens (including phenoxy) is 8. The van der Waals surface area contributed by atoms with Gasteiger partial charge in [-0.15, -0.1) is 0 Å². The van der Waals surface area contributed by atoms with E-state index < -0.39 is 101 Å². The normalized spacial score (nSPS) is 21.6. The van der Waals surface area contributed by atoms with Crippen molar-refractivity contribution >= 4 is 100 Å². The van der Waals surface area contributed by atoms with Crippen molar-refractivity contribution in [1.82, 2.24) is 57.7 Å². The van der Waals surface area contributed by atoms with Crippen molar-refractivity contribution in [3.8, 4) is 29.1 Å². The maximum Gasteiger partial charge on any atom is 0.414 e. The number of benzene rings is 5. The van der Waals surface area contributed by atoms with Gasteiger partial charge in [-0.05, 0) is 195 Å². The first kappa shape index (κ1) is 106. The Morgan fingerprint density at radius 3 is 1.22 bits per heavy atom. The quantitative estimate of drug-likeness (QED) is 0.0156. The summed E-state index contributed by atoms with van der Waals surface area (Å²) in [4.78, 5) is 149. The number of piperidine rings is 2. The SMILES string of the molecule is CC(=O)NC[C@H]1CN(c2ccc(C#CC3(O)CCNCC3)c(F)c2)C(=O)O1.CC(=O)NC[C@H]1CN(c2ccc(CCC(=O)N3CCNCC3)c(F)c2)C(=O)O1.CC(=O)NC[C@H]1CN(c2ccc(OCC(=O)N3CCCCC3)c(F)c2)C(=O)O1.CC(=O)NC[C@H]1CN(c2ccc(OCC3(O)CCCNCC3)c(F)c2)C(=O)O1.CC(=O)NC[C@H]1CN(c2ccc(OCC3CCCNCC3)c(F)c2)C(=O)O1. The van der Waals surface area contributed by atoms with E-state index in [0.29, 0.717) is 124 Å². The van der Waals surface area contributed by atoms with E-state index in [0.717, 1.165) is 77.7 Å². The number of hydrogen-bond acceptors (Lipinski definition) is 26. The van der Waals surface area contributed by atoms with E-state index in [9.17, 15) is 89.7 Å². The zero-order valence-electron chi connectivity index (χ0n) is 78.1. The molecule has 0 saturated carbocycles. The number of aliphatic hydroxyl groups is 2. The Morgan fingerprint density at radius 2 is 0.783 bits per heavy atom. The van der Waals surface area contributed by atoms with Crippen LogP contribution in [0.4, 0.5) is 74.4 Å². The number of nitrogens with one attached hydrogen (secondary N) is 9. The third-order valence-corrected chi connectivity index (χ3v) is 24.0. The van der Waals surface area contributed by atoms with Gasteiger partial charge in [0.05, 0.1) is 112 Å². The van der Waals surface area contributed by atoms with Crippen molar-refractivity contribution in [2.24, 2.45) is 5.92 Å². The number of anilines is 5. The molecule has 43 heteroatoms.